The summed E-state index contributed by atoms with van der Waals surface area (Å²) >= 11 is 0. The van der Waals surface area contributed by atoms with Gasteiger partial charge in [-0.2, -0.15) is 0 Å². The maximum absolute atomic E-state index is 13.6. The fraction of sp³-hybridized carbons (Fsp3) is 0.533. The number of halogens is 1. The zero-order valence-corrected chi connectivity index (χ0v) is 11.8. The number of carbonyl (C=O) groups excluding carboxylic acids is 1. The average Bonchev–Trinajstić information content (AvgIpc) is 2.94. The van der Waals surface area contributed by atoms with Gasteiger partial charge in [0, 0.05) is 24.8 Å². The number of benzene rings is 1. The molecule has 3 N–H and O–H groups in total. The highest BCUT2D eigenvalue weighted by Gasteiger charge is 2.32. The van der Waals surface area contributed by atoms with Gasteiger partial charge in [0.2, 0.25) is 0 Å². The monoisotopic (exact) mass is 293 g/mol. The Morgan fingerprint density at radius 2 is 2.38 bits per heavy atom. The molecular weight excluding hydrogens is 273 g/mol. The highest BCUT2D eigenvalue weighted by atomic mass is 19.1. The molecule has 3 rings (SSSR count). The van der Waals surface area contributed by atoms with Gasteiger partial charge in [0.05, 0.1) is 18.3 Å². The van der Waals surface area contributed by atoms with Gasteiger partial charge in [-0.15, -0.1) is 0 Å². The van der Waals surface area contributed by atoms with Gasteiger partial charge in [0.1, 0.15) is 5.82 Å². The van der Waals surface area contributed by atoms with Crippen LogP contribution in [0.25, 0.3) is 0 Å². The maximum atomic E-state index is 13.6. The van der Waals surface area contributed by atoms with Crippen LogP contribution in [0.1, 0.15) is 23.2 Å². The van der Waals surface area contributed by atoms with E-state index in [1.165, 1.54) is 31.0 Å². The van der Waals surface area contributed by atoms with Crippen molar-refractivity contribution in [2.24, 2.45) is 0 Å². The second-order valence-corrected chi connectivity index (χ2v) is 5.70. The average molecular weight is 293 g/mol. The Balaban J connectivity index is 1.55. The molecule has 1 aromatic rings. The Hall–Kier alpha value is -1.66. The molecule has 0 aromatic heterocycles. The minimum atomic E-state index is -0.564. The Kier molecular flexibility index (Phi) is 4.07. The van der Waals surface area contributed by atoms with E-state index in [-0.39, 0.29) is 11.7 Å². The van der Waals surface area contributed by atoms with Crippen LogP contribution in [-0.4, -0.2) is 49.2 Å². The zero-order valence-electron chi connectivity index (χ0n) is 11.8. The normalized spacial score (nSPS) is 25.6. The number of nitrogens with zero attached hydrogens (tertiary/aromatic N) is 1. The van der Waals surface area contributed by atoms with Crippen molar-refractivity contribution < 1.29 is 13.9 Å². The Bertz CT molecular complexity index is 538. The quantitative estimate of drug-likeness (QED) is 0.816. The molecule has 5 nitrogen and oxygen atoms in total. The molecule has 2 unspecified atom stereocenters. The third kappa shape index (κ3) is 3.16. The van der Waals surface area contributed by atoms with Crippen LogP contribution in [0.3, 0.4) is 0 Å². The molecule has 21 heavy (non-hydrogen) atoms. The lowest BCUT2D eigenvalue weighted by Crippen LogP contribution is -2.50. The van der Waals surface area contributed by atoms with E-state index in [9.17, 15) is 9.18 Å². The topological polar surface area (TPSA) is 67.6 Å². The molecule has 2 heterocycles. The summed E-state index contributed by atoms with van der Waals surface area (Å²) < 4.78 is 19.4. The first-order valence-corrected chi connectivity index (χ1v) is 7.32. The number of hydrogen-bond donors (Lipinski definition) is 2. The fourth-order valence-corrected chi connectivity index (χ4v) is 3.03. The molecule has 2 atom stereocenters. The lowest BCUT2D eigenvalue weighted by Gasteiger charge is -2.35. The standard InChI is InChI=1S/C15H20FN3O2/c16-14-4-3-10(17)6-13(14)15(20)18-7-12-8-19-5-1-2-11(19)9-21-12/h3-4,6,11-12H,1-2,5,7-9,17H2,(H,18,20). The van der Waals surface area contributed by atoms with Gasteiger partial charge in [-0.05, 0) is 37.6 Å². The molecule has 114 valence electrons. The Labute approximate surface area is 123 Å². The molecule has 0 spiro atoms. The van der Waals surface area contributed by atoms with Gasteiger partial charge in [-0.3, -0.25) is 9.69 Å². The molecule has 2 aliphatic rings. The first-order valence-electron chi connectivity index (χ1n) is 7.32. The lowest BCUT2D eigenvalue weighted by molar-refractivity contribution is -0.0462. The van der Waals surface area contributed by atoms with Gasteiger partial charge >= 0.3 is 0 Å². The SMILES string of the molecule is Nc1ccc(F)c(C(=O)NCC2CN3CCCC3CO2)c1. The summed E-state index contributed by atoms with van der Waals surface area (Å²) in [6.07, 6.45) is 2.36. The van der Waals surface area contributed by atoms with Crippen molar-refractivity contribution >= 4 is 11.6 Å². The largest absolute Gasteiger partial charge is 0.399 e. The van der Waals surface area contributed by atoms with Crippen LogP contribution in [-0.2, 0) is 4.74 Å². The predicted molar refractivity (Wildman–Crippen MR) is 77.5 cm³/mol. The number of fused-ring (bicyclic) bond motifs is 1. The van der Waals surface area contributed by atoms with Crippen LogP contribution in [0.15, 0.2) is 18.2 Å². The smallest absolute Gasteiger partial charge is 0.254 e. The van der Waals surface area contributed by atoms with E-state index in [1.54, 1.807) is 0 Å². The summed E-state index contributed by atoms with van der Waals surface area (Å²) in [5.41, 5.74) is 5.93. The van der Waals surface area contributed by atoms with E-state index >= 15 is 0 Å². The van der Waals surface area contributed by atoms with Gasteiger partial charge < -0.3 is 15.8 Å². The number of nitrogens with two attached hydrogens (primary N) is 1. The number of morpholine rings is 1. The summed E-state index contributed by atoms with van der Waals surface area (Å²) in [5, 5.41) is 2.73. The third-order valence-corrected chi connectivity index (χ3v) is 4.19. The van der Waals surface area contributed by atoms with Crippen LogP contribution < -0.4 is 11.1 Å². The van der Waals surface area contributed by atoms with E-state index in [2.05, 4.69) is 10.2 Å². The summed E-state index contributed by atoms with van der Waals surface area (Å²) in [4.78, 5) is 14.4. The van der Waals surface area contributed by atoms with E-state index in [1.807, 2.05) is 0 Å². The van der Waals surface area contributed by atoms with Crippen LogP contribution in [0.4, 0.5) is 10.1 Å². The fourth-order valence-electron chi connectivity index (χ4n) is 3.03. The van der Waals surface area contributed by atoms with Crippen LogP contribution in [0.2, 0.25) is 0 Å². The van der Waals surface area contributed by atoms with E-state index in [0.29, 0.717) is 24.9 Å². The number of carbonyl (C=O) groups is 1. The molecule has 1 aromatic carbocycles. The van der Waals surface area contributed by atoms with E-state index in [4.69, 9.17) is 10.5 Å². The van der Waals surface area contributed by atoms with Gasteiger partial charge in [-0.25, -0.2) is 4.39 Å². The van der Waals surface area contributed by atoms with Crippen molar-refractivity contribution in [1.82, 2.24) is 10.2 Å². The molecule has 0 aliphatic carbocycles. The molecule has 1 amide bonds. The van der Waals surface area contributed by atoms with Crippen molar-refractivity contribution in [1.29, 1.82) is 0 Å². The van der Waals surface area contributed by atoms with Crippen LogP contribution in [0, 0.1) is 5.82 Å². The minimum Gasteiger partial charge on any atom is -0.399 e. The first-order chi connectivity index (χ1) is 10.1. The number of amides is 1. The van der Waals surface area contributed by atoms with E-state index in [0.717, 1.165) is 13.1 Å². The molecule has 0 radical (unpaired) electrons. The van der Waals surface area contributed by atoms with Gasteiger partial charge in [0.15, 0.2) is 0 Å². The van der Waals surface area contributed by atoms with Crippen LogP contribution >= 0.6 is 0 Å². The molecule has 0 saturated carbocycles. The lowest BCUT2D eigenvalue weighted by atomic mass is 10.1. The van der Waals surface area contributed by atoms with Gasteiger partial charge in [-0.1, -0.05) is 0 Å². The molecule has 6 heteroatoms. The number of rotatable bonds is 3. The van der Waals surface area contributed by atoms with Crippen molar-refractivity contribution in [3.8, 4) is 0 Å². The third-order valence-electron chi connectivity index (χ3n) is 4.19. The molecule has 0 bridgehead atoms. The molecular formula is C15H20FN3O2. The summed E-state index contributed by atoms with van der Waals surface area (Å²) in [5.74, 6) is -1.02. The maximum Gasteiger partial charge on any atom is 0.254 e. The first kappa shape index (κ1) is 14.3. The number of nitrogens with one attached hydrogen (secondary N) is 1. The summed E-state index contributed by atoms with van der Waals surface area (Å²) in [6.45, 7) is 3.02. The van der Waals surface area contributed by atoms with Crippen LogP contribution in [0.5, 0.6) is 0 Å². The van der Waals surface area contributed by atoms with Crippen molar-refractivity contribution in [3.05, 3.63) is 29.6 Å². The molecule has 2 fully saturated rings. The second-order valence-electron chi connectivity index (χ2n) is 5.70. The molecule has 2 saturated heterocycles. The number of ether oxygens (including phenoxy) is 1. The van der Waals surface area contributed by atoms with Crippen molar-refractivity contribution in [2.45, 2.75) is 25.0 Å². The summed E-state index contributed by atoms with van der Waals surface area (Å²) in [7, 11) is 0. The number of anilines is 1. The second kappa shape index (κ2) is 5.99. The van der Waals surface area contributed by atoms with E-state index < -0.39 is 11.7 Å². The van der Waals surface area contributed by atoms with Crippen molar-refractivity contribution in [2.75, 3.05) is 32.0 Å². The van der Waals surface area contributed by atoms with Crippen molar-refractivity contribution in [3.63, 3.8) is 0 Å². The highest BCUT2D eigenvalue weighted by Crippen LogP contribution is 2.22. The van der Waals surface area contributed by atoms with Gasteiger partial charge in [0.25, 0.3) is 5.91 Å². The predicted octanol–water partition coefficient (Wildman–Crippen LogP) is 1.00. The summed E-state index contributed by atoms with van der Waals surface area (Å²) in [6, 6.07) is 4.52. The Morgan fingerprint density at radius 1 is 1.52 bits per heavy atom. The number of nitrogen functional groups attached to an aromatic ring is 1. The zero-order chi connectivity index (χ0) is 14.8. The minimum absolute atomic E-state index is 0.0233. The Morgan fingerprint density at radius 3 is 3.24 bits per heavy atom. The number of hydrogen-bond acceptors (Lipinski definition) is 4. The highest BCUT2D eigenvalue weighted by molar-refractivity contribution is 5.95. The molecule has 2 aliphatic heterocycles.